The second-order valence-electron chi connectivity index (χ2n) is 16.4. The summed E-state index contributed by atoms with van der Waals surface area (Å²) < 4.78 is 0. The predicted molar refractivity (Wildman–Crippen MR) is 259 cm³/mol. The van der Waals surface area contributed by atoms with E-state index >= 15 is 0 Å². The summed E-state index contributed by atoms with van der Waals surface area (Å²) in [5.74, 6) is 0.699. The first kappa shape index (κ1) is 34.6. The van der Waals surface area contributed by atoms with E-state index in [1.165, 1.54) is 93.9 Å². The Labute approximate surface area is 360 Å². The molecule has 2 nitrogen and oxygen atoms in total. The monoisotopic (exact) mass is 784 g/mol. The highest BCUT2D eigenvalue weighted by Gasteiger charge is 2.24. The van der Waals surface area contributed by atoms with Crippen molar-refractivity contribution in [3.63, 3.8) is 0 Å². The van der Waals surface area contributed by atoms with E-state index in [1.807, 2.05) is 0 Å². The number of nitrogens with zero attached hydrogens (tertiary/aromatic N) is 2. The van der Waals surface area contributed by atoms with E-state index in [1.54, 1.807) is 0 Å². The van der Waals surface area contributed by atoms with E-state index in [0.29, 0.717) is 5.82 Å². The van der Waals surface area contributed by atoms with Crippen LogP contribution in [0.25, 0.3) is 133 Å². The van der Waals surface area contributed by atoms with Gasteiger partial charge in [0.2, 0.25) is 0 Å². The van der Waals surface area contributed by atoms with Gasteiger partial charge in [0.15, 0.2) is 5.82 Å². The molecule has 286 valence electrons. The molecule has 0 amide bonds. The molecule has 11 aromatic rings. The molecule has 0 N–H and O–H groups in total. The van der Waals surface area contributed by atoms with E-state index in [0.717, 1.165) is 33.6 Å². The van der Waals surface area contributed by atoms with Gasteiger partial charge in [-0.05, 0) is 105 Å². The van der Waals surface area contributed by atoms with Crippen LogP contribution in [0.5, 0.6) is 0 Å². The normalized spacial score (nSPS) is 11.9. The van der Waals surface area contributed by atoms with Crippen LogP contribution in [0.1, 0.15) is 0 Å². The molecule has 13 rings (SSSR count). The average Bonchev–Trinajstić information content (AvgIpc) is 3.86. The summed E-state index contributed by atoms with van der Waals surface area (Å²) in [5.41, 5.74) is 22.5. The molecule has 0 saturated carbocycles. The summed E-state index contributed by atoms with van der Waals surface area (Å²) in [7, 11) is 0. The van der Waals surface area contributed by atoms with Crippen molar-refractivity contribution in [1.82, 2.24) is 9.97 Å². The zero-order valence-electron chi connectivity index (χ0n) is 33.7. The van der Waals surface area contributed by atoms with Crippen LogP contribution in [0.2, 0.25) is 0 Å². The highest BCUT2D eigenvalue weighted by atomic mass is 14.9. The van der Waals surface area contributed by atoms with Gasteiger partial charge in [-0.25, -0.2) is 9.97 Å². The van der Waals surface area contributed by atoms with E-state index in [9.17, 15) is 0 Å². The predicted octanol–water partition coefficient (Wildman–Crippen LogP) is 16.1. The summed E-state index contributed by atoms with van der Waals surface area (Å²) in [6, 6.07) is 79.1. The molecule has 10 aromatic carbocycles. The average molecular weight is 785 g/mol. The maximum Gasteiger partial charge on any atom is 0.160 e. The molecule has 62 heavy (non-hydrogen) atoms. The minimum Gasteiger partial charge on any atom is -0.228 e. The van der Waals surface area contributed by atoms with E-state index in [2.05, 4.69) is 218 Å². The number of hydrogen-bond donors (Lipinski definition) is 0. The maximum atomic E-state index is 5.24. The van der Waals surface area contributed by atoms with E-state index < -0.39 is 0 Å². The van der Waals surface area contributed by atoms with Crippen molar-refractivity contribution in [1.29, 1.82) is 0 Å². The Balaban J connectivity index is 0.890. The van der Waals surface area contributed by atoms with Crippen LogP contribution >= 0.6 is 0 Å². The molecule has 0 fully saturated rings. The quantitative estimate of drug-likeness (QED) is 0.168. The van der Waals surface area contributed by atoms with Crippen molar-refractivity contribution >= 4 is 21.5 Å². The van der Waals surface area contributed by atoms with Gasteiger partial charge in [0.25, 0.3) is 0 Å². The lowest BCUT2D eigenvalue weighted by atomic mass is 9.93. The van der Waals surface area contributed by atoms with Gasteiger partial charge in [0.1, 0.15) is 0 Å². The molecule has 2 heteroatoms. The fourth-order valence-electron chi connectivity index (χ4n) is 10.1. The van der Waals surface area contributed by atoms with Crippen molar-refractivity contribution < 1.29 is 0 Å². The zero-order valence-corrected chi connectivity index (χ0v) is 33.7. The van der Waals surface area contributed by atoms with Gasteiger partial charge in [0.05, 0.1) is 11.4 Å². The lowest BCUT2D eigenvalue weighted by molar-refractivity contribution is 1.18. The lowest BCUT2D eigenvalue weighted by Gasteiger charge is -2.13. The van der Waals surface area contributed by atoms with Crippen molar-refractivity contribution in [2.24, 2.45) is 0 Å². The number of hydrogen-bond acceptors (Lipinski definition) is 2. The first-order valence-corrected chi connectivity index (χ1v) is 21.3. The Kier molecular flexibility index (Phi) is 7.64. The minimum absolute atomic E-state index is 0.699. The van der Waals surface area contributed by atoms with Crippen LogP contribution in [0.3, 0.4) is 0 Å². The van der Waals surface area contributed by atoms with Crippen molar-refractivity contribution in [3.8, 4) is 112 Å². The minimum atomic E-state index is 0.699. The number of fused-ring (bicyclic) bond motifs is 6. The molecule has 0 saturated heterocycles. The molecule has 1 heterocycles. The summed E-state index contributed by atoms with van der Waals surface area (Å²) in [5, 5.41) is 5.23. The summed E-state index contributed by atoms with van der Waals surface area (Å²) >= 11 is 0. The Hall–Kier alpha value is -8.20. The van der Waals surface area contributed by atoms with Gasteiger partial charge in [0, 0.05) is 16.7 Å². The van der Waals surface area contributed by atoms with Crippen LogP contribution in [0.4, 0.5) is 0 Å². The van der Waals surface area contributed by atoms with Crippen LogP contribution in [-0.2, 0) is 0 Å². The molecule has 2 aliphatic carbocycles. The third-order valence-electron chi connectivity index (χ3n) is 13.1. The van der Waals surface area contributed by atoms with Crippen LogP contribution < -0.4 is 0 Å². The fourth-order valence-corrected chi connectivity index (χ4v) is 10.1. The van der Waals surface area contributed by atoms with Gasteiger partial charge < -0.3 is 0 Å². The number of aromatic nitrogens is 2. The zero-order chi connectivity index (χ0) is 40.7. The van der Waals surface area contributed by atoms with Crippen molar-refractivity contribution in [3.05, 3.63) is 218 Å². The van der Waals surface area contributed by atoms with Crippen molar-refractivity contribution in [2.45, 2.75) is 0 Å². The Morgan fingerprint density at radius 2 is 0.548 bits per heavy atom. The van der Waals surface area contributed by atoms with Crippen LogP contribution in [-0.4, -0.2) is 9.97 Å². The highest BCUT2D eigenvalue weighted by Crippen LogP contribution is 2.51. The SMILES string of the molecule is c1ccc(-c2ccc(-c3nc(-c4ccc(-c5ccc6c7c(cccc57)-c5ccccc5-6)cc4)cc(-c4ccc(-c5ccc6c7c(cccc57)-c5ccccc5-6)cc4)n3)cc2)cc1. The van der Waals surface area contributed by atoms with Crippen molar-refractivity contribution in [2.75, 3.05) is 0 Å². The third kappa shape index (κ3) is 5.37. The smallest absolute Gasteiger partial charge is 0.160 e. The third-order valence-corrected chi connectivity index (χ3v) is 13.1. The molecular formula is C60H36N2. The Morgan fingerprint density at radius 3 is 1.02 bits per heavy atom. The molecular weight excluding hydrogens is 749 g/mol. The Bertz CT molecular complexity index is 3330. The summed E-state index contributed by atoms with van der Waals surface area (Å²) in [6.45, 7) is 0. The second kappa shape index (κ2) is 13.7. The molecule has 0 spiro atoms. The van der Waals surface area contributed by atoms with E-state index in [-0.39, 0.29) is 0 Å². The van der Waals surface area contributed by atoms with Gasteiger partial charge in [-0.1, -0.05) is 212 Å². The highest BCUT2D eigenvalue weighted by molar-refractivity contribution is 6.20. The van der Waals surface area contributed by atoms with E-state index in [4.69, 9.17) is 9.97 Å². The number of rotatable bonds is 6. The van der Waals surface area contributed by atoms with Gasteiger partial charge >= 0.3 is 0 Å². The second-order valence-corrected chi connectivity index (χ2v) is 16.4. The standard InChI is InChI=1S/C60H36N2/c1-2-10-37(11-3-1)38-20-30-43(31-21-38)60-61-56(41-26-22-39(23-27-41)44-32-34-54-48-14-6-4-12-46(48)52-18-8-16-50(44)58(52)54)36-57(62-60)42-28-24-40(25-29-42)45-33-35-55-49-15-7-5-13-47(49)53-19-9-17-51(45)59(53)55/h1-36H. The molecule has 0 atom stereocenters. The van der Waals surface area contributed by atoms with Crippen LogP contribution in [0, 0.1) is 0 Å². The summed E-state index contributed by atoms with van der Waals surface area (Å²) in [6.07, 6.45) is 0. The topological polar surface area (TPSA) is 25.8 Å². The molecule has 0 bridgehead atoms. The number of benzene rings is 10. The first-order chi connectivity index (χ1) is 30.7. The fraction of sp³-hybridized carbons (Fsp3) is 0. The lowest BCUT2D eigenvalue weighted by Crippen LogP contribution is -1.96. The molecule has 1 aromatic heterocycles. The Morgan fingerprint density at radius 1 is 0.210 bits per heavy atom. The van der Waals surface area contributed by atoms with Gasteiger partial charge in [-0.15, -0.1) is 0 Å². The molecule has 2 aliphatic rings. The molecule has 0 unspecified atom stereocenters. The first-order valence-electron chi connectivity index (χ1n) is 21.3. The van der Waals surface area contributed by atoms with Gasteiger partial charge in [-0.3, -0.25) is 0 Å². The summed E-state index contributed by atoms with van der Waals surface area (Å²) in [4.78, 5) is 10.5. The molecule has 0 radical (unpaired) electrons. The largest absolute Gasteiger partial charge is 0.228 e. The maximum absolute atomic E-state index is 5.24. The van der Waals surface area contributed by atoms with Gasteiger partial charge in [-0.2, -0.15) is 0 Å². The molecule has 0 aliphatic heterocycles. The van der Waals surface area contributed by atoms with Crippen LogP contribution in [0.15, 0.2) is 218 Å².